The molecule has 4 nitrogen and oxygen atoms in total. The van der Waals surface area contributed by atoms with Crippen molar-refractivity contribution >= 4 is 17.3 Å². The van der Waals surface area contributed by atoms with Crippen LogP contribution in [0, 0.1) is 11.3 Å². The highest BCUT2D eigenvalue weighted by Gasteiger charge is 2.48. The summed E-state index contributed by atoms with van der Waals surface area (Å²) < 4.78 is 6.28. The first-order chi connectivity index (χ1) is 14.0. The number of aliphatic hydroxyl groups is 1. The third kappa shape index (κ3) is 2.72. The number of aliphatic hydroxyl groups excluding tert-OH is 1. The van der Waals surface area contributed by atoms with Gasteiger partial charge >= 0.3 is 0 Å². The Balaban J connectivity index is 1.75. The fourth-order valence-electron chi connectivity index (χ4n) is 5.48. The van der Waals surface area contributed by atoms with Gasteiger partial charge in [-0.25, -0.2) is 0 Å². The second-order valence-electron chi connectivity index (χ2n) is 9.96. The molecule has 0 saturated heterocycles. The largest absolute Gasteiger partial charge is 0.507 e. The lowest BCUT2D eigenvalue weighted by Gasteiger charge is -2.42. The van der Waals surface area contributed by atoms with Crippen LogP contribution in [0.4, 0.5) is 0 Å². The van der Waals surface area contributed by atoms with Crippen LogP contribution in [0.3, 0.4) is 0 Å². The molecule has 0 saturated carbocycles. The lowest BCUT2D eigenvalue weighted by atomic mass is 9.62. The van der Waals surface area contributed by atoms with E-state index in [9.17, 15) is 14.7 Å². The summed E-state index contributed by atoms with van der Waals surface area (Å²) in [7, 11) is 0. The van der Waals surface area contributed by atoms with E-state index < -0.39 is 11.6 Å². The summed E-state index contributed by atoms with van der Waals surface area (Å²) >= 11 is 0. The van der Waals surface area contributed by atoms with Crippen LogP contribution in [0.1, 0.15) is 88.7 Å². The minimum atomic E-state index is -0.643. The number of fused-ring (bicyclic) bond motifs is 3. The van der Waals surface area contributed by atoms with E-state index in [2.05, 4.69) is 40.7 Å². The van der Waals surface area contributed by atoms with Crippen LogP contribution in [-0.4, -0.2) is 22.8 Å². The van der Waals surface area contributed by atoms with Gasteiger partial charge in [0.1, 0.15) is 17.6 Å². The molecule has 4 rings (SSSR count). The van der Waals surface area contributed by atoms with Crippen molar-refractivity contribution in [3.05, 3.63) is 46.0 Å². The lowest BCUT2D eigenvalue weighted by molar-refractivity contribution is -0.111. The number of Topliss-reactive ketones (excluding diaryl/α,β-unsaturated/α-hetero) is 2. The zero-order chi connectivity index (χ0) is 22.0. The van der Waals surface area contributed by atoms with Gasteiger partial charge in [-0.2, -0.15) is 0 Å². The van der Waals surface area contributed by atoms with E-state index in [0.717, 1.165) is 24.8 Å². The van der Waals surface area contributed by atoms with Crippen LogP contribution < -0.4 is 4.74 Å². The van der Waals surface area contributed by atoms with Crippen molar-refractivity contribution in [3.8, 4) is 5.75 Å². The van der Waals surface area contributed by atoms with Crippen LogP contribution in [-0.2, 0) is 10.2 Å². The van der Waals surface area contributed by atoms with E-state index in [1.54, 1.807) is 6.07 Å². The summed E-state index contributed by atoms with van der Waals surface area (Å²) in [6.45, 7) is 12.8. The summed E-state index contributed by atoms with van der Waals surface area (Å²) in [5.41, 5.74) is 3.15. The molecule has 0 spiro atoms. The van der Waals surface area contributed by atoms with E-state index in [1.165, 1.54) is 18.9 Å². The molecule has 0 fully saturated rings. The average molecular weight is 409 g/mol. The van der Waals surface area contributed by atoms with E-state index in [4.69, 9.17) is 4.74 Å². The molecule has 4 unspecified atom stereocenters. The third-order valence-corrected chi connectivity index (χ3v) is 8.55. The van der Waals surface area contributed by atoms with Crippen LogP contribution >= 0.6 is 0 Å². The molecule has 1 aromatic carbocycles. The molecule has 1 N–H and O–H groups in total. The van der Waals surface area contributed by atoms with Gasteiger partial charge in [0.05, 0.1) is 5.56 Å². The van der Waals surface area contributed by atoms with Gasteiger partial charge < -0.3 is 9.84 Å². The first-order valence-electron chi connectivity index (χ1n) is 11.0. The Kier molecular flexibility index (Phi) is 4.76. The van der Waals surface area contributed by atoms with Crippen LogP contribution in [0.25, 0.3) is 5.76 Å². The number of allylic oxidation sites excluding steroid dienone is 3. The molecular weight excluding hydrogens is 376 g/mol. The number of benzene rings is 1. The molecule has 0 amide bonds. The summed E-state index contributed by atoms with van der Waals surface area (Å²) in [6.07, 6.45) is 6.67. The Morgan fingerprint density at radius 1 is 1.07 bits per heavy atom. The second-order valence-corrected chi connectivity index (χ2v) is 9.96. The molecule has 2 aliphatic carbocycles. The Bertz CT molecular complexity index is 1010. The summed E-state index contributed by atoms with van der Waals surface area (Å²) in [5.74, 6) is -0.152. The van der Waals surface area contributed by atoms with Crippen molar-refractivity contribution in [2.24, 2.45) is 11.3 Å². The molecule has 160 valence electrons. The van der Waals surface area contributed by atoms with Crippen LogP contribution in [0.15, 0.2) is 29.4 Å². The minimum absolute atomic E-state index is 0.0911. The fourth-order valence-corrected chi connectivity index (χ4v) is 5.48. The normalized spacial score (nSPS) is 33.2. The first kappa shape index (κ1) is 20.9. The summed E-state index contributed by atoms with van der Waals surface area (Å²) in [4.78, 5) is 24.7. The van der Waals surface area contributed by atoms with Gasteiger partial charge in [0.25, 0.3) is 0 Å². The van der Waals surface area contributed by atoms with Crippen LogP contribution in [0.5, 0.6) is 5.75 Å². The van der Waals surface area contributed by atoms with Gasteiger partial charge in [0.15, 0.2) is 0 Å². The van der Waals surface area contributed by atoms with E-state index in [0.29, 0.717) is 17.2 Å². The fraction of sp³-hybridized carbons (Fsp3) is 0.538. The number of ether oxygens (including phenoxy) is 1. The van der Waals surface area contributed by atoms with Gasteiger partial charge in [-0.3, -0.25) is 9.59 Å². The molecule has 30 heavy (non-hydrogen) atoms. The van der Waals surface area contributed by atoms with Crippen molar-refractivity contribution in [2.45, 2.75) is 78.7 Å². The van der Waals surface area contributed by atoms with Crippen molar-refractivity contribution in [1.29, 1.82) is 0 Å². The maximum Gasteiger partial charge on any atom is 0.234 e. The van der Waals surface area contributed by atoms with Gasteiger partial charge in [0, 0.05) is 22.1 Å². The summed E-state index contributed by atoms with van der Waals surface area (Å²) in [5, 5.41) is 10.7. The highest BCUT2D eigenvalue weighted by molar-refractivity contribution is 6.52. The molecule has 0 bridgehead atoms. The molecular formula is C26H32O4. The molecule has 0 aromatic heterocycles. The average Bonchev–Trinajstić information content (AvgIpc) is 2.97. The van der Waals surface area contributed by atoms with Crippen LogP contribution in [0.2, 0.25) is 0 Å². The quantitative estimate of drug-likeness (QED) is 0.496. The SMILES string of the molecule is CC1=CCCC(C)C1(C)CCC1(C)c2ccc3c(c2OC1C)C(O)=C(C)C(=O)C3=O. The number of hydrogen-bond acceptors (Lipinski definition) is 4. The molecule has 0 radical (unpaired) electrons. The zero-order valence-electron chi connectivity index (χ0n) is 18.9. The predicted molar refractivity (Wildman–Crippen MR) is 118 cm³/mol. The number of carbonyl (C=O) groups is 2. The Morgan fingerprint density at radius 2 is 1.73 bits per heavy atom. The summed E-state index contributed by atoms with van der Waals surface area (Å²) in [6, 6.07) is 3.61. The standard InChI is InChI=1S/C26H32O4/c1-14-8-7-9-15(2)25(14,5)12-13-26(6)17(4)30-24-19(26)11-10-18-20(24)21(27)16(3)22(28)23(18)29/h8,10-11,15,17,27H,7,9,12-13H2,1-6H3. The first-order valence-corrected chi connectivity index (χ1v) is 11.0. The number of hydrogen-bond donors (Lipinski definition) is 1. The Morgan fingerprint density at radius 3 is 2.40 bits per heavy atom. The highest BCUT2D eigenvalue weighted by atomic mass is 16.5. The van der Waals surface area contributed by atoms with E-state index in [1.807, 2.05) is 6.07 Å². The monoisotopic (exact) mass is 408 g/mol. The third-order valence-electron chi connectivity index (χ3n) is 8.55. The molecule has 1 aliphatic heterocycles. The Hall–Kier alpha value is -2.36. The van der Waals surface area contributed by atoms with Gasteiger partial charge in [-0.1, -0.05) is 38.5 Å². The highest BCUT2D eigenvalue weighted by Crippen LogP contribution is 2.54. The maximum atomic E-state index is 12.5. The van der Waals surface area contributed by atoms with Gasteiger partial charge in [-0.15, -0.1) is 0 Å². The van der Waals surface area contributed by atoms with Crippen molar-refractivity contribution < 1.29 is 19.4 Å². The van der Waals surface area contributed by atoms with Crippen molar-refractivity contribution in [2.75, 3.05) is 0 Å². The van der Waals surface area contributed by atoms with E-state index in [-0.39, 0.29) is 33.8 Å². The van der Waals surface area contributed by atoms with E-state index >= 15 is 0 Å². The maximum absolute atomic E-state index is 12.5. The molecule has 4 heteroatoms. The molecule has 1 aromatic rings. The lowest BCUT2D eigenvalue weighted by Crippen LogP contribution is -2.37. The number of carbonyl (C=O) groups excluding carboxylic acids is 2. The number of ketones is 2. The minimum Gasteiger partial charge on any atom is -0.507 e. The molecule has 4 atom stereocenters. The molecule has 1 heterocycles. The zero-order valence-corrected chi connectivity index (χ0v) is 18.9. The number of rotatable bonds is 3. The molecule has 3 aliphatic rings. The van der Waals surface area contributed by atoms with Gasteiger partial charge in [0.2, 0.25) is 11.6 Å². The van der Waals surface area contributed by atoms with Crippen molar-refractivity contribution in [3.63, 3.8) is 0 Å². The second kappa shape index (κ2) is 6.83. The van der Waals surface area contributed by atoms with Crippen molar-refractivity contribution in [1.82, 2.24) is 0 Å². The van der Waals surface area contributed by atoms with Gasteiger partial charge in [-0.05, 0) is 63.9 Å². The topological polar surface area (TPSA) is 63.6 Å². The smallest absolute Gasteiger partial charge is 0.234 e. The predicted octanol–water partition coefficient (Wildman–Crippen LogP) is 5.94. The Labute approximate surface area is 179 Å².